The molecule has 1 unspecified atom stereocenters. The molecule has 0 radical (unpaired) electrons. The second-order valence-corrected chi connectivity index (χ2v) is 7.61. The lowest BCUT2D eigenvalue weighted by molar-refractivity contribution is 0.0989. The van der Waals surface area contributed by atoms with E-state index < -0.39 is 5.91 Å². The number of pyridine rings is 1. The van der Waals surface area contributed by atoms with E-state index >= 15 is 0 Å². The fourth-order valence-electron chi connectivity index (χ4n) is 3.65. The minimum Gasteiger partial charge on any atom is -0.380 e. The monoisotopic (exact) mass is 417 g/mol. The number of nitrogens with zero attached hydrogens (tertiary/aromatic N) is 2. The Morgan fingerprint density at radius 1 is 1.19 bits per heavy atom. The highest BCUT2D eigenvalue weighted by Gasteiger charge is 2.19. The zero-order valence-electron chi connectivity index (χ0n) is 17.5. The molecule has 1 atom stereocenters. The number of nitrogens with one attached hydrogen (secondary N) is 2. The van der Waals surface area contributed by atoms with Crippen molar-refractivity contribution in [2.24, 2.45) is 5.73 Å². The average Bonchev–Trinajstić information content (AvgIpc) is 2.79. The summed E-state index contributed by atoms with van der Waals surface area (Å²) >= 11 is 0. The maximum absolute atomic E-state index is 11.8. The molecule has 0 aliphatic carbocycles. The van der Waals surface area contributed by atoms with Gasteiger partial charge in [-0.3, -0.25) is 4.79 Å². The molecule has 1 fully saturated rings. The van der Waals surface area contributed by atoms with Gasteiger partial charge >= 0.3 is 0 Å². The van der Waals surface area contributed by atoms with Gasteiger partial charge in [0.1, 0.15) is 5.82 Å². The number of aromatic nitrogens is 1. The van der Waals surface area contributed by atoms with E-state index in [2.05, 4.69) is 39.6 Å². The van der Waals surface area contributed by atoms with Crippen LogP contribution in [0, 0.1) is 0 Å². The number of morpholine rings is 1. The summed E-state index contributed by atoms with van der Waals surface area (Å²) < 4.78 is 5.52. The van der Waals surface area contributed by atoms with Crippen LogP contribution in [0.4, 0.5) is 22.9 Å². The van der Waals surface area contributed by atoms with Crippen LogP contribution in [-0.4, -0.2) is 36.7 Å². The van der Waals surface area contributed by atoms with Crippen molar-refractivity contribution in [2.75, 3.05) is 35.3 Å². The van der Waals surface area contributed by atoms with Gasteiger partial charge in [-0.15, -0.1) is 0 Å². The fourth-order valence-corrected chi connectivity index (χ4v) is 3.65. The average molecular weight is 418 g/mol. The van der Waals surface area contributed by atoms with Crippen LogP contribution in [0.3, 0.4) is 0 Å². The highest BCUT2D eigenvalue weighted by molar-refractivity contribution is 5.98. The molecule has 1 aliphatic heterocycles. The van der Waals surface area contributed by atoms with Crippen LogP contribution in [0.5, 0.6) is 0 Å². The largest absolute Gasteiger partial charge is 0.380 e. The predicted molar refractivity (Wildman–Crippen MR) is 124 cm³/mol. The summed E-state index contributed by atoms with van der Waals surface area (Å²) in [5.41, 5.74) is 9.73. The number of nitrogens with two attached hydrogens (primary N) is 1. The number of amides is 1. The topological polar surface area (TPSA) is 92.5 Å². The number of rotatable bonds is 7. The van der Waals surface area contributed by atoms with Crippen LogP contribution in [0.2, 0.25) is 0 Å². The Hall–Kier alpha value is -3.58. The first-order chi connectivity index (χ1) is 15.1. The summed E-state index contributed by atoms with van der Waals surface area (Å²) in [6.45, 7) is 5.13. The summed E-state index contributed by atoms with van der Waals surface area (Å²) in [6, 6.07) is 20.4. The van der Waals surface area contributed by atoms with Crippen LogP contribution in [-0.2, 0) is 11.3 Å². The minimum atomic E-state index is -0.515. The Kier molecular flexibility index (Phi) is 6.33. The molecule has 160 valence electrons. The van der Waals surface area contributed by atoms with Gasteiger partial charge in [0.2, 0.25) is 0 Å². The van der Waals surface area contributed by atoms with Crippen LogP contribution < -0.4 is 21.3 Å². The smallest absolute Gasteiger partial charge is 0.252 e. The van der Waals surface area contributed by atoms with E-state index in [0.29, 0.717) is 29.7 Å². The molecule has 0 saturated carbocycles. The fraction of sp³-hybridized carbons (Fsp3) is 0.250. The number of hydrogen-bond donors (Lipinski definition) is 3. The quantitative estimate of drug-likeness (QED) is 0.542. The van der Waals surface area contributed by atoms with Gasteiger partial charge in [0.25, 0.3) is 5.91 Å². The van der Waals surface area contributed by atoms with Gasteiger partial charge in [-0.25, -0.2) is 4.98 Å². The van der Waals surface area contributed by atoms with Crippen molar-refractivity contribution in [1.82, 2.24) is 4.98 Å². The molecule has 1 saturated heterocycles. The number of carbonyl (C=O) groups is 1. The zero-order valence-corrected chi connectivity index (χ0v) is 17.5. The molecule has 3 aromatic rings. The Morgan fingerprint density at radius 2 is 1.97 bits per heavy atom. The number of primary amides is 1. The van der Waals surface area contributed by atoms with Crippen LogP contribution in [0.15, 0.2) is 66.9 Å². The van der Waals surface area contributed by atoms with E-state index in [1.807, 2.05) is 42.5 Å². The SMILES string of the molecule is CC1COCCN1c1ccc(Nc2cc(NCc3ccccc3)c(C(N)=O)cn2)cc1. The lowest BCUT2D eigenvalue weighted by Gasteiger charge is -2.35. The van der Waals surface area contributed by atoms with Crippen molar-refractivity contribution in [3.05, 3.63) is 78.0 Å². The number of carbonyl (C=O) groups excluding carboxylic acids is 1. The molecule has 2 aromatic carbocycles. The molecule has 2 heterocycles. The van der Waals surface area contributed by atoms with E-state index in [1.165, 1.54) is 11.9 Å². The number of anilines is 4. The normalized spacial score (nSPS) is 16.0. The number of hydrogen-bond acceptors (Lipinski definition) is 6. The summed E-state index contributed by atoms with van der Waals surface area (Å²) in [5, 5.41) is 6.60. The molecule has 1 aliphatic rings. The van der Waals surface area contributed by atoms with Gasteiger partial charge in [0, 0.05) is 42.8 Å². The minimum absolute atomic E-state index is 0.355. The maximum atomic E-state index is 11.8. The van der Waals surface area contributed by atoms with Crippen LogP contribution in [0.25, 0.3) is 0 Å². The molecule has 31 heavy (non-hydrogen) atoms. The highest BCUT2D eigenvalue weighted by atomic mass is 16.5. The summed E-state index contributed by atoms with van der Waals surface area (Å²) in [6.07, 6.45) is 1.50. The predicted octanol–water partition coefficient (Wildman–Crippen LogP) is 3.76. The number of benzene rings is 2. The molecule has 1 aromatic heterocycles. The molecule has 0 bridgehead atoms. The van der Waals surface area contributed by atoms with Crippen molar-refractivity contribution in [3.8, 4) is 0 Å². The molecule has 0 spiro atoms. The van der Waals surface area contributed by atoms with Crippen LogP contribution in [0.1, 0.15) is 22.8 Å². The third-order valence-corrected chi connectivity index (χ3v) is 5.33. The van der Waals surface area contributed by atoms with Crippen LogP contribution >= 0.6 is 0 Å². The molecule has 4 N–H and O–H groups in total. The van der Waals surface area contributed by atoms with Gasteiger partial charge in [-0.05, 0) is 36.8 Å². The second-order valence-electron chi connectivity index (χ2n) is 7.61. The number of ether oxygens (including phenoxy) is 1. The highest BCUT2D eigenvalue weighted by Crippen LogP contribution is 2.25. The third kappa shape index (κ3) is 5.13. The first kappa shape index (κ1) is 20.7. The Bertz CT molecular complexity index is 1020. The zero-order chi connectivity index (χ0) is 21.6. The van der Waals surface area contributed by atoms with E-state index in [9.17, 15) is 4.79 Å². The lowest BCUT2D eigenvalue weighted by atomic mass is 10.1. The maximum Gasteiger partial charge on any atom is 0.252 e. The van der Waals surface area contributed by atoms with E-state index in [-0.39, 0.29) is 0 Å². The standard InChI is InChI=1S/C24H27N5O2/c1-17-16-31-12-11-29(17)20-9-7-19(8-10-20)28-23-13-22(21(15-27-23)24(25)30)26-14-18-5-3-2-4-6-18/h2-10,13,15,17H,11-12,14,16H2,1H3,(H2,25,30)(H2,26,27,28). The van der Waals surface area contributed by atoms with Crippen molar-refractivity contribution in [1.29, 1.82) is 0 Å². The van der Waals surface area contributed by atoms with Crippen molar-refractivity contribution in [3.63, 3.8) is 0 Å². The summed E-state index contributed by atoms with van der Waals surface area (Å²) in [5.74, 6) is 0.117. The summed E-state index contributed by atoms with van der Waals surface area (Å²) in [4.78, 5) is 18.5. The second kappa shape index (κ2) is 9.49. The molecular formula is C24H27N5O2. The van der Waals surface area contributed by atoms with Gasteiger partial charge in [0.05, 0.1) is 24.5 Å². The Labute approximate surface area is 182 Å². The van der Waals surface area contributed by atoms with Gasteiger partial charge < -0.3 is 26.0 Å². The van der Waals surface area contributed by atoms with Crippen molar-refractivity contribution >= 4 is 28.8 Å². The van der Waals surface area contributed by atoms with Gasteiger partial charge in [-0.1, -0.05) is 30.3 Å². The molecular weight excluding hydrogens is 390 g/mol. The first-order valence-electron chi connectivity index (χ1n) is 10.4. The Morgan fingerprint density at radius 3 is 2.68 bits per heavy atom. The van der Waals surface area contributed by atoms with E-state index in [1.54, 1.807) is 6.07 Å². The first-order valence-corrected chi connectivity index (χ1v) is 10.4. The molecule has 4 rings (SSSR count). The lowest BCUT2D eigenvalue weighted by Crippen LogP contribution is -2.43. The summed E-state index contributed by atoms with van der Waals surface area (Å²) in [7, 11) is 0. The molecule has 7 heteroatoms. The van der Waals surface area contributed by atoms with Crippen molar-refractivity contribution in [2.45, 2.75) is 19.5 Å². The van der Waals surface area contributed by atoms with Gasteiger partial charge in [0.15, 0.2) is 0 Å². The van der Waals surface area contributed by atoms with E-state index in [0.717, 1.165) is 31.0 Å². The molecule has 7 nitrogen and oxygen atoms in total. The third-order valence-electron chi connectivity index (χ3n) is 5.33. The van der Waals surface area contributed by atoms with Gasteiger partial charge in [-0.2, -0.15) is 0 Å². The molecule has 1 amide bonds. The van der Waals surface area contributed by atoms with Crippen molar-refractivity contribution < 1.29 is 9.53 Å². The van der Waals surface area contributed by atoms with E-state index in [4.69, 9.17) is 10.5 Å². The Balaban J connectivity index is 1.48.